The van der Waals surface area contributed by atoms with Gasteiger partial charge in [-0.1, -0.05) is 6.92 Å². The molecule has 0 aromatic carbocycles. The first-order valence-corrected chi connectivity index (χ1v) is 5.98. The van der Waals surface area contributed by atoms with E-state index in [4.69, 9.17) is 9.84 Å². The standard InChI is InChI=1S/C11H22F3NO2/c1-2-6-15-10(4-7-16)9-17-8-3-5-11(12,13)14/h10,15-16H,2-9H2,1H3. The van der Waals surface area contributed by atoms with E-state index >= 15 is 0 Å². The summed E-state index contributed by atoms with van der Waals surface area (Å²) < 4.78 is 40.7. The number of rotatable bonds is 10. The molecule has 0 saturated carbocycles. The van der Waals surface area contributed by atoms with E-state index in [-0.39, 0.29) is 25.7 Å². The molecule has 0 rings (SSSR count). The van der Waals surface area contributed by atoms with Gasteiger partial charge in [0.2, 0.25) is 0 Å². The summed E-state index contributed by atoms with van der Waals surface area (Å²) in [4.78, 5) is 0. The van der Waals surface area contributed by atoms with Crippen molar-refractivity contribution < 1.29 is 23.0 Å². The Kier molecular flexibility index (Phi) is 9.49. The van der Waals surface area contributed by atoms with Crippen LogP contribution in [0.5, 0.6) is 0 Å². The second kappa shape index (κ2) is 9.67. The van der Waals surface area contributed by atoms with Crippen LogP contribution in [0.25, 0.3) is 0 Å². The largest absolute Gasteiger partial charge is 0.396 e. The van der Waals surface area contributed by atoms with Gasteiger partial charge in [-0.25, -0.2) is 0 Å². The van der Waals surface area contributed by atoms with Gasteiger partial charge in [-0.05, 0) is 25.8 Å². The Morgan fingerprint density at radius 1 is 1.35 bits per heavy atom. The van der Waals surface area contributed by atoms with E-state index in [9.17, 15) is 13.2 Å². The van der Waals surface area contributed by atoms with Crippen LogP contribution in [0.4, 0.5) is 13.2 Å². The van der Waals surface area contributed by atoms with Crippen LogP contribution < -0.4 is 5.32 Å². The Hall–Kier alpha value is -0.330. The predicted molar refractivity (Wildman–Crippen MR) is 59.9 cm³/mol. The van der Waals surface area contributed by atoms with Crippen LogP contribution in [0.15, 0.2) is 0 Å². The Morgan fingerprint density at radius 3 is 2.59 bits per heavy atom. The van der Waals surface area contributed by atoms with Crippen molar-refractivity contribution in [2.75, 3.05) is 26.4 Å². The van der Waals surface area contributed by atoms with Gasteiger partial charge >= 0.3 is 6.18 Å². The van der Waals surface area contributed by atoms with Gasteiger partial charge in [-0.2, -0.15) is 13.2 Å². The van der Waals surface area contributed by atoms with Crippen molar-refractivity contribution in [2.24, 2.45) is 0 Å². The minimum Gasteiger partial charge on any atom is -0.396 e. The van der Waals surface area contributed by atoms with Crippen molar-refractivity contribution in [3.05, 3.63) is 0 Å². The molecule has 0 saturated heterocycles. The van der Waals surface area contributed by atoms with Gasteiger partial charge in [-0.15, -0.1) is 0 Å². The molecular weight excluding hydrogens is 235 g/mol. The summed E-state index contributed by atoms with van der Waals surface area (Å²) in [6, 6.07) is 0.0193. The summed E-state index contributed by atoms with van der Waals surface area (Å²) in [5, 5.41) is 12.0. The minimum absolute atomic E-state index is 0.0108. The molecule has 0 radical (unpaired) electrons. The third-order valence-electron chi connectivity index (χ3n) is 2.23. The molecule has 104 valence electrons. The average molecular weight is 257 g/mol. The summed E-state index contributed by atoms with van der Waals surface area (Å²) in [6.45, 7) is 3.34. The quantitative estimate of drug-likeness (QED) is 0.589. The van der Waals surface area contributed by atoms with Crippen LogP contribution >= 0.6 is 0 Å². The van der Waals surface area contributed by atoms with Gasteiger partial charge in [-0.3, -0.25) is 0 Å². The molecule has 6 heteroatoms. The lowest BCUT2D eigenvalue weighted by Gasteiger charge is -2.17. The number of hydrogen-bond acceptors (Lipinski definition) is 3. The molecule has 0 aliphatic rings. The molecule has 0 aliphatic heterocycles. The lowest BCUT2D eigenvalue weighted by Crippen LogP contribution is -2.35. The first-order chi connectivity index (χ1) is 7.99. The van der Waals surface area contributed by atoms with E-state index < -0.39 is 12.6 Å². The van der Waals surface area contributed by atoms with Crippen molar-refractivity contribution in [3.8, 4) is 0 Å². The molecule has 0 heterocycles. The number of nitrogens with one attached hydrogen (secondary N) is 1. The smallest absolute Gasteiger partial charge is 0.389 e. The van der Waals surface area contributed by atoms with Crippen molar-refractivity contribution in [2.45, 2.75) is 44.8 Å². The fourth-order valence-corrected chi connectivity index (χ4v) is 1.35. The number of aliphatic hydroxyl groups excluding tert-OH is 1. The van der Waals surface area contributed by atoms with Crippen LogP contribution in [-0.2, 0) is 4.74 Å². The van der Waals surface area contributed by atoms with Gasteiger partial charge in [0.1, 0.15) is 0 Å². The highest BCUT2D eigenvalue weighted by atomic mass is 19.4. The molecule has 2 N–H and O–H groups in total. The van der Waals surface area contributed by atoms with Crippen molar-refractivity contribution in [1.29, 1.82) is 0 Å². The summed E-state index contributed by atoms with van der Waals surface area (Å²) >= 11 is 0. The van der Waals surface area contributed by atoms with E-state index in [1.54, 1.807) is 0 Å². The maximum atomic E-state index is 11.8. The van der Waals surface area contributed by atoms with Crippen molar-refractivity contribution in [1.82, 2.24) is 5.32 Å². The summed E-state index contributed by atoms with van der Waals surface area (Å²) in [6.07, 6.45) is -3.40. The zero-order valence-corrected chi connectivity index (χ0v) is 10.2. The zero-order chi connectivity index (χ0) is 13.1. The van der Waals surface area contributed by atoms with Crippen LogP contribution in [0.3, 0.4) is 0 Å². The molecule has 0 aromatic heterocycles. The first-order valence-electron chi connectivity index (χ1n) is 5.98. The number of ether oxygens (including phenoxy) is 1. The van der Waals surface area contributed by atoms with Gasteiger partial charge in [0.05, 0.1) is 6.61 Å². The van der Waals surface area contributed by atoms with Crippen LogP contribution in [0.2, 0.25) is 0 Å². The summed E-state index contributed by atoms with van der Waals surface area (Å²) in [7, 11) is 0. The van der Waals surface area contributed by atoms with Crippen LogP contribution in [0.1, 0.15) is 32.6 Å². The molecule has 0 amide bonds. The Balaban J connectivity index is 3.53. The topological polar surface area (TPSA) is 41.5 Å². The third kappa shape index (κ3) is 11.9. The monoisotopic (exact) mass is 257 g/mol. The highest BCUT2D eigenvalue weighted by molar-refractivity contribution is 4.65. The lowest BCUT2D eigenvalue weighted by atomic mass is 10.2. The zero-order valence-electron chi connectivity index (χ0n) is 10.2. The molecule has 0 spiro atoms. The normalized spacial score (nSPS) is 13.9. The van der Waals surface area contributed by atoms with Crippen LogP contribution in [-0.4, -0.2) is 43.7 Å². The maximum absolute atomic E-state index is 11.8. The van der Waals surface area contributed by atoms with Gasteiger partial charge in [0.25, 0.3) is 0 Å². The second-order valence-electron chi connectivity index (χ2n) is 3.96. The fraction of sp³-hybridized carbons (Fsp3) is 1.00. The Morgan fingerprint density at radius 2 is 2.06 bits per heavy atom. The Labute approximate surface area is 100 Å². The average Bonchev–Trinajstić information content (AvgIpc) is 2.23. The van der Waals surface area contributed by atoms with Crippen molar-refractivity contribution in [3.63, 3.8) is 0 Å². The van der Waals surface area contributed by atoms with E-state index in [0.717, 1.165) is 13.0 Å². The molecule has 1 unspecified atom stereocenters. The van der Waals surface area contributed by atoms with E-state index in [1.807, 2.05) is 6.92 Å². The Bertz CT molecular complexity index is 177. The van der Waals surface area contributed by atoms with Gasteiger partial charge < -0.3 is 15.2 Å². The summed E-state index contributed by atoms with van der Waals surface area (Å²) in [5.74, 6) is 0. The molecule has 3 nitrogen and oxygen atoms in total. The van der Waals surface area contributed by atoms with Gasteiger partial charge in [0.15, 0.2) is 0 Å². The number of hydrogen-bond donors (Lipinski definition) is 2. The highest BCUT2D eigenvalue weighted by Gasteiger charge is 2.25. The highest BCUT2D eigenvalue weighted by Crippen LogP contribution is 2.20. The summed E-state index contributed by atoms with van der Waals surface area (Å²) in [5.41, 5.74) is 0. The second-order valence-corrected chi connectivity index (χ2v) is 3.96. The minimum atomic E-state index is -4.10. The SMILES string of the molecule is CCCNC(CCO)COCCCC(F)(F)F. The van der Waals surface area contributed by atoms with E-state index in [1.165, 1.54) is 0 Å². The van der Waals surface area contributed by atoms with Crippen LogP contribution in [0, 0.1) is 0 Å². The third-order valence-corrected chi connectivity index (χ3v) is 2.23. The molecule has 17 heavy (non-hydrogen) atoms. The number of alkyl halides is 3. The first kappa shape index (κ1) is 16.7. The molecule has 0 bridgehead atoms. The van der Waals surface area contributed by atoms with E-state index in [2.05, 4.69) is 5.32 Å². The van der Waals surface area contributed by atoms with Gasteiger partial charge in [0, 0.05) is 25.7 Å². The predicted octanol–water partition coefficient (Wildman–Crippen LogP) is 2.10. The molecule has 1 atom stereocenters. The fourth-order valence-electron chi connectivity index (χ4n) is 1.35. The molecule has 0 aromatic rings. The number of aliphatic hydroxyl groups is 1. The van der Waals surface area contributed by atoms with Crippen molar-refractivity contribution >= 4 is 0 Å². The number of halogens is 3. The maximum Gasteiger partial charge on any atom is 0.389 e. The molecule has 0 fully saturated rings. The molecular formula is C11H22F3NO2. The lowest BCUT2D eigenvalue weighted by molar-refractivity contribution is -0.138. The molecule has 0 aliphatic carbocycles. The van der Waals surface area contributed by atoms with E-state index in [0.29, 0.717) is 13.0 Å².